The highest BCUT2D eigenvalue weighted by Gasteiger charge is 2.14. The van der Waals surface area contributed by atoms with Gasteiger partial charge in [-0.15, -0.1) is 22.0 Å². The van der Waals surface area contributed by atoms with Gasteiger partial charge in [0.2, 0.25) is 0 Å². The van der Waals surface area contributed by atoms with Crippen molar-refractivity contribution >= 4 is 23.5 Å². The Labute approximate surface area is 211 Å². The zero-order chi connectivity index (χ0) is 26.5. The molecule has 0 aliphatic rings. The van der Waals surface area contributed by atoms with Crippen LogP contribution in [0.5, 0.6) is 5.75 Å². The number of nitrogens with two attached hydrogens (primary N) is 1. The van der Waals surface area contributed by atoms with Crippen molar-refractivity contribution in [1.82, 2.24) is 10.2 Å². The maximum absolute atomic E-state index is 14.2. The fourth-order valence-electron chi connectivity index (χ4n) is 2.55. The van der Waals surface area contributed by atoms with Crippen molar-refractivity contribution in [1.29, 1.82) is 5.41 Å². The Morgan fingerprint density at radius 1 is 1.18 bits per heavy atom. The van der Waals surface area contributed by atoms with E-state index in [0.717, 1.165) is 17.7 Å². The maximum Gasteiger partial charge on any atom is 0.132 e. The van der Waals surface area contributed by atoms with Gasteiger partial charge in [-0.2, -0.15) is 0 Å². The van der Waals surface area contributed by atoms with Gasteiger partial charge >= 0.3 is 0 Å². The lowest BCUT2D eigenvalue weighted by Gasteiger charge is -2.09. The van der Waals surface area contributed by atoms with Crippen molar-refractivity contribution in [3.05, 3.63) is 41.7 Å². The lowest BCUT2D eigenvalue weighted by Crippen LogP contribution is -2.17. The van der Waals surface area contributed by atoms with Gasteiger partial charge in [-0.25, -0.2) is 4.39 Å². The van der Waals surface area contributed by atoms with Gasteiger partial charge in [-0.3, -0.25) is 0 Å². The zero-order valence-electron chi connectivity index (χ0n) is 22.3. The highest BCUT2D eigenvalue weighted by molar-refractivity contribution is 7.98. The summed E-state index contributed by atoms with van der Waals surface area (Å²) in [7, 11) is 0. The minimum Gasteiger partial charge on any atom is -0.507 e. The largest absolute Gasteiger partial charge is 0.507 e. The number of unbranched alkanes of at least 4 members (excludes halogenated alkanes) is 1. The first kappa shape index (κ1) is 33.9. The number of rotatable bonds is 8. The minimum atomic E-state index is -0.518. The van der Waals surface area contributed by atoms with Gasteiger partial charge in [0.25, 0.3) is 0 Å². The molecule has 34 heavy (non-hydrogen) atoms. The molecule has 7 heteroatoms. The number of hydrogen-bond donors (Lipinski definition) is 3. The van der Waals surface area contributed by atoms with Crippen LogP contribution in [0.4, 0.5) is 4.39 Å². The monoisotopic (exact) mass is 492 g/mol. The Balaban J connectivity index is 0. The summed E-state index contributed by atoms with van der Waals surface area (Å²) in [5.74, 6) is -0.617. The summed E-state index contributed by atoms with van der Waals surface area (Å²) in [5.41, 5.74) is 6.91. The van der Waals surface area contributed by atoms with Crippen molar-refractivity contribution in [2.75, 3.05) is 6.26 Å². The molecule has 1 aromatic carbocycles. The molecule has 5 nitrogen and oxygen atoms in total. The van der Waals surface area contributed by atoms with Crippen molar-refractivity contribution in [3.63, 3.8) is 0 Å². The molecule has 192 valence electrons. The van der Waals surface area contributed by atoms with Gasteiger partial charge in [-0.1, -0.05) is 66.9 Å². The molecule has 0 spiro atoms. The number of hydrogen-bond acceptors (Lipinski definition) is 6. The van der Waals surface area contributed by atoms with Crippen LogP contribution >= 0.6 is 11.8 Å². The predicted octanol–water partition coefficient (Wildman–Crippen LogP) is 8.12. The summed E-state index contributed by atoms with van der Waals surface area (Å²) in [6, 6.07) is 6.40. The number of aromatic nitrogens is 2. The van der Waals surface area contributed by atoms with E-state index in [9.17, 15) is 9.50 Å². The molecule has 1 heterocycles. The number of nitrogens with one attached hydrogen (secondary N) is 1. The van der Waals surface area contributed by atoms with E-state index < -0.39 is 5.82 Å². The molecular formula is C27H45FN4OS. The topological polar surface area (TPSA) is 95.9 Å². The molecule has 1 atom stereocenters. The number of aromatic hydroxyl groups is 1. The van der Waals surface area contributed by atoms with Crippen LogP contribution in [-0.4, -0.2) is 33.8 Å². The lowest BCUT2D eigenvalue weighted by molar-refractivity contribution is 0.474. The molecule has 1 aromatic heterocycles. The van der Waals surface area contributed by atoms with Crippen molar-refractivity contribution in [2.45, 2.75) is 91.6 Å². The quantitative estimate of drug-likeness (QED) is 0.255. The summed E-state index contributed by atoms with van der Waals surface area (Å²) in [5, 5.41) is 26.0. The molecule has 4 N–H and O–H groups in total. The average molecular weight is 493 g/mol. The second kappa shape index (κ2) is 21.3. The third-order valence-electron chi connectivity index (χ3n) is 4.44. The van der Waals surface area contributed by atoms with Gasteiger partial charge in [0.1, 0.15) is 16.6 Å². The molecule has 0 saturated carbocycles. The second-order valence-corrected chi connectivity index (χ2v) is 8.04. The van der Waals surface area contributed by atoms with Crippen LogP contribution < -0.4 is 5.73 Å². The average Bonchev–Trinajstić information content (AvgIpc) is 2.87. The van der Waals surface area contributed by atoms with Crippen LogP contribution in [0.2, 0.25) is 0 Å². The number of phenols is 1. The third-order valence-corrected chi connectivity index (χ3v) is 5.08. The predicted molar refractivity (Wildman–Crippen MR) is 148 cm³/mol. The zero-order valence-corrected chi connectivity index (χ0v) is 23.1. The Kier molecular flexibility index (Phi) is 21.2. The van der Waals surface area contributed by atoms with E-state index >= 15 is 0 Å². The maximum atomic E-state index is 14.2. The number of thioether (sulfide) groups is 1. The van der Waals surface area contributed by atoms with Crippen molar-refractivity contribution < 1.29 is 9.50 Å². The smallest absolute Gasteiger partial charge is 0.132 e. The second-order valence-electron chi connectivity index (χ2n) is 7.22. The SMILES string of the molecule is C/C=C(\C=N)c1cc(O)c(-c2ccc(SC)nn2)cc1F.CC.CCC.CCCCC(N)CC. The standard InChI is InChI=1S/C15H14FN3OS.C7H17N.C3H8.C2H6/c1-3-9(8-17)10-7-14(20)11(6-12(10)16)13-4-5-15(21-2)19-18-13;1-3-5-6-7(8)4-2;1-3-2;1-2/h3-8,17,20H,1-2H3;7H,3-6,8H2,1-2H3;3H2,1-2H3;1-2H3/b9-3+,17-8?;;;. The molecule has 0 radical (unpaired) electrons. The van der Waals surface area contributed by atoms with Crippen molar-refractivity contribution in [2.24, 2.45) is 5.73 Å². The van der Waals surface area contributed by atoms with Gasteiger partial charge in [0, 0.05) is 23.4 Å². The summed E-state index contributed by atoms with van der Waals surface area (Å²) in [6.45, 7) is 14.3. The molecule has 0 aliphatic carbocycles. The first-order valence-electron chi connectivity index (χ1n) is 12.2. The highest BCUT2D eigenvalue weighted by atomic mass is 32.2. The first-order valence-corrected chi connectivity index (χ1v) is 13.4. The highest BCUT2D eigenvalue weighted by Crippen LogP contribution is 2.32. The first-order chi connectivity index (χ1) is 16.3. The Bertz CT molecular complexity index is 826. The molecule has 2 rings (SSSR count). The fraction of sp³-hybridized carbons (Fsp3) is 0.519. The fourth-order valence-corrected chi connectivity index (χ4v) is 2.87. The van der Waals surface area contributed by atoms with E-state index in [2.05, 4.69) is 37.9 Å². The number of allylic oxidation sites excluding steroid dienone is 2. The molecule has 0 amide bonds. The van der Waals surface area contributed by atoms with Crippen molar-refractivity contribution in [3.8, 4) is 17.0 Å². The molecule has 0 fully saturated rings. The van der Waals surface area contributed by atoms with E-state index in [-0.39, 0.29) is 16.9 Å². The summed E-state index contributed by atoms with van der Waals surface area (Å²) in [6.07, 6.45) is 10.7. The van der Waals surface area contributed by atoms with Gasteiger partial charge < -0.3 is 16.2 Å². The van der Waals surface area contributed by atoms with E-state index in [0.29, 0.717) is 17.3 Å². The third kappa shape index (κ3) is 12.8. The number of halogens is 1. The molecule has 0 aliphatic heterocycles. The number of phenolic OH excluding ortho intramolecular Hbond substituents is 1. The van der Waals surface area contributed by atoms with Gasteiger partial charge in [0.15, 0.2) is 0 Å². The Morgan fingerprint density at radius 3 is 2.21 bits per heavy atom. The van der Waals surface area contributed by atoms with Gasteiger partial charge in [-0.05, 0) is 55.9 Å². The van der Waals surface area contributed by atoms with E-state index in [1.807, 2.05) is 20.1 Å². The molecule has 0 saturated heterocycles. The van der Waals surface area contributed by atoms with E-state index in [1.54, 1.807) is 25.1 Å². The summed E-state index contributed by atoms with van der Waals surface area (Å²) in [4.78, 5) is 0. The Morgan fingerprint density at radius 2 is 1.79 bits per heavy atom. The Hall–Kier alpha value is -2.25. The number of nitrogens with zero attached hydrogens (tertiary/aromatic N) is 2. The molecular weight excluding hydrogens is 447 g/mol. The van der Waals surface area contributed by atoms with Crippen LogP contribution in [0.1, 0.15) is 86.1 Å². The summed E-state index contributed by atoms with van der Waals surface area (Å²) >= 11 is 1.45. The normalized spacial score (nSPS) is 11.1. The molecule has 1 unspecified atom stereocenters. The van der Waals surface area contributed by atoms with E-state index in [1.165, 1.54) is 49.6 Å². The lowest BCUT2D eigenvalue weighted by atomic mass is 10.0. The molecule has 0 bridgehead atoms. The van der Waals surface area contributed by atoms with Gasteiger partial charge in [0.05, 0.1) is 5.69 Å². The van der Waals surface area contributed by atoms with Crippen LogP contribution in [0, 0.1) is 11.2 Å². The minimum absolute atomic E-state index is 0.0983. The summed E-state index contributed by atoms with van der Waals surface area (Å²) < 4.78 is 14.2. The van der Waals surface area contributed by atoms with Crippen LogP contribution in [0.25, 0.3) is 16.8 Å². The molecule has 2 aromatic rings. The van der Waals surface area contributed by atoms with Crippen LogP contribution in [0.15, 0.2) is 35.4 Å². The van der Waals surface area contributed by atoms with Crippen LogP contribution in [-0.2, 0) is 0 Å². The number of benzene rings is 1. The van der Waals surface area contributed by atoms with Crippen LogP contribution in [0.3, 0.4) is 0 Å². The van der Waals surface area contributed by atoms with E-state index in [4.69, 9.17) is 11.1 Å².